The number of carbonyl (C=O) groups excluding carboxylic acids is 1. The third-order valence-corrected chi connectivity index (χ3v) is 4.27. The van der Waals surface area contributed by atoms with E-state index in [1.165, 1.54) is 19.3 Å². The number of rotatable bonds is 3. The molecule has 0 radical (unpaired) electrons. The van der Waals surface area contributed by atoms with Crippen molar-refractivity contribution in [1.29, 1.82) is 0 Å². The van der Waals surface area contributed by atoms with Crippen molar-refractivity contribution in [3.05, 3.63) is 18.0 Å². The highest BCUT2D eigenvalue weighted by atomic mass is 16.2. The van der Waals surface area contributed by atoms with Gasteiger partial charge in [0.15, 0.2) is 0 Å². The molecule has 1 amide bonds. The standard InChI is InChI=1S/C14H21N3O/c1-2-5-16-9-11(15)7-13(16)14(18)17-8-10-3-4-12(17)6-10/h7,9-10,12H,2-6,8,15H2,1H3. The largest absolute Gasteiger partial charge is 0.397 e. The summed E-state index contributed by atoms with van der Waals surface area (Å²) in [6, 6.07) is 2.30. The molecule has 1 aliphatic carbocycles. The van der Waals surface area contributed by atoms with Gasteiger partial charge in [-0.05, 0) is 37.7 Å². The van der Waals surface area contributed by atoms with E-state index in [1.54, 1.807) is 0 Å². The van der Waals surface area contributed by atoms with Crippen molar-refractivity contribution in [2.75, 3.05) is 12.3 Å². The Balaban J connectivity index is 1.83. The Bertz CT molecular complexity index is 466. The molecule has 98 valence electrons. The van der Waals surface area contributed by atoms with Gasteiger partial charge in [-0.2, -0.15) is 0 Å². The van der Waals surface area contributed by atoms with Gasteiger partial charge in [0.05, 0.1) is 5.69 Å². The molecule has 2 atom stereocenters. The molecule has 1 saturated carbocycles. The number of nitrogens with zero attached hydrogens (tertiary/aromatic N) is 2. The van der Waals surface area contributed by atoms with Crippen LogP contribution in [0.2, 0.25) is 0 Å². The number of likely N-dealkylation sites (tertiary alicyclic amines) is 1. The monoisotopic (exact) mass is 247 g/mol. The van der Waals surface area contributed by atoms with Crippen molar-refractivity contribution in [3.8, 4) is 0 Å². The number of aryl methyl sites for hydroxylation is 1. The Kier molecular flexibility index (Phi) is 2.80. The predicted molar refractivity (Wildman–Crippen MR) is 71.3 cm³/mol. The summed E-state index contributed by atoms with van der Waals surface area (Å²) in [7, 11) is 0. The summed E-state index contributed by atoms with van der Waals surface area (Å²) in [6.45, 7) is 3.92. The van der Waals surface area contributed by atoms with Crippen LogP contribution in [-0.2, 0) is 6.54 Å². The van der Waals surface area contributed by atoms with E-state index < -0.39 is 0 Å². The number of amides is 1. The Labute approximate surface area is 108 Å². The molecule has 4 nitrogen and oxygen atoms in total. The van der Waals surface area contributed by atoms with Crippen molar-refractivity contribution in [1.82, 2.24) is 9.47 Å². The first-order chi connectivity index (χ1) is 8.69. The van der Waals surface area contributed by atoms with E-state index in [0.29, 0.717) is 11.7 Å². The molecule has 2 aliphatic rings. The van der Waals surface area contributed by atoms with Gasteiger partial charge in [0.1, 0.15) is 5.69 Å². The first-order valence-corrected chi connectivity index (χ1v) is 6.95. The van der Waals surface area contributed by atoms with E-state index in [1.807, 2.05) is 16.8 Å². The molecule has 4 heteroatoms. The molecular weight excluding hydrogens is 226 g/mol. The van der Waals surface area contributed by atoms with E-state index in [9.17, 15) is 4.79 Å². The summed E-state index contributed by atoms with van der Waals surface area (Å²) in [4.78, 5) is 14.7. The number of carbonyl (C=O) groups is 1. The van der Waals surface area contributed by atoms with Crippen molar-refractivity contribution >= 4 is 11.6 Å². The van der Waals surface area contributed by atoms with Crippen LogP contribution in [0.4, 0.5) is 5.69 Å². The molecule has 2 N–H and O–H groups in total. The van der Waals surface area contributed by atoms with Gasteiger partial charge in [-0.25, -0.2) is 0 Å². The van der Waals surface area contributed by atoms with Crippen LogP contribution < -0.4 is 5.73 Å². The zero-order valence-corrected chi connectivity index (χ0v) is 10.9. The number of nitrogens with two attached hydrogens (primary N) is 1. The highest BCUT2D eigenvalue weighted by Crippen LogP contribution is 2.38. The second kappa shape index (κ2) is 4.34. The minimum atomic E-state index is 0.173. The fraction of sp³-hybridized carbons (Fsp3) is 0.643. The molecule has 1 aromatic heterocycles. The van der Waals surface area contributed by atoms with Crippen molar-refractivity contribution in [2.24, 2.45) is 5.92 Å². The minimum absolute atomic E-state index is 0.173. The fourth-order valence-electron chi connectivity index (χ4n) is 3.46. The average Bonchev–Trinajstić information content (AvgIpc) is 3.03. The van der Waals surface area contributed by atoms with Crippen LogP contribution in [0.1, 0.15) is 43.1 Å². The lowest BCUT2D eigenvalue weighted by Crippen LogP contribution is -2.38. The Morgan fingerprint density at radius 1 is 1.50 bits per heavy atom. The van der Waals surface area contributed by atoms with Crippen LogP contribution in [0, 0.1) is 5.92 Å². The number of hydrogen-bond donors (Lipinski definition) is 1. The van der Waals surface area contributed by atoms with Gasteiger partial charge < -0.3 is 15.2 Å². The first-order valence-electron chi connectivity index (χ1n) is 6.95. The number of piperidine rings is 1. The Morgan fingerprint density at radius 3 is 2.94 bits per heavy atom. The van der Waals surface area contributed by atoms with E-state index in [0.717, 1.165) is 31.1 Å². The summed E-state index contributed by atoms with van der Waals surface area (Å²) in [5.41, 5.74) is 7.29. The number of fused-ring (bicyclic) bond motifs is 2. The molecule has 0 aromatic carbocycles. The summed E-state index contributed by atoms with van der Waals surface area (Å²) in [5, 5.41) is 0. The zero-order chi connectivity index (χ0) is 12.7. The Morgan fingerprint density at radius 2 is 2.33 bits per heavy atom. The van der Waals surface area contributed by atoms with Gasteiger partial charge in [-0.3, -0.25) is 4.79 Å². The predicted octanol–water partition coefficient (Wildman–Crippen LogP) is 2.10. The molecule has 18 heavy (non-hydrogen) atoms. The molecule has 1 aromatic rings. The lowest BCUT2D eigenvalue weighted by molar-refractivity contribution is 0.0692. The number of anilines is 1. The van der Waals surface area contributed by atoms with Crippen LogP contribution in [-0.4, -0.2) is 28.0 Å². The van der Waals surface area contributed by atoms with Crippen molar-refractivity contribution < 1.29 is 4.79 Å². The first kappa shape index (κ1) is 11.6. The highest BCUT2D eigenvalue weighted by Gasteiger charge is 2.41. The van der Waals surface area contributed by atoms with Crippen LogP contribution in [0.3, 0.4) is 0 Å². The fourth-order valence-corrected chi connectivity index (χ4v) is 3.46. The lowest BCUT2D eigenvalue weighted by atomic mass is 10.1. The Hall–Kier alpha value is -1.45. The molecule has 0 spiro atoms. The van der Waals surface area contributed by atoms with Gasteiger partial charge in [-0.15, -0.1) is 0 Å². The van der Waals surface area contributed by atoms with Crippen LogP contribution in [0.25, 0.3) is 0 Å². The van der Waals surface area contributed by atoms with Crippen molar-refractivity contribution in [3.63, 3.8) is 0 Å². The van der Waals surface area contributed by atoms with Crippen molar-refractivity contribution in [2.45, 2.75) is 45.2 Å². The van der Waals surface area contributed by atoms with Crippen LogP contribution in [0.5, 0.6) is 0 Å². The van der Waals surface area contributed by atoms with E-state index in [2.05, 4.69) is 11.8 Å². The number of nitrogen functional groups attached to an aromatic ring is 1. The molecule has 1 aliphatic heterocycles. The summed E-state index contributed by atoms with van der Waals surface area (Å²) in [5.74, 6) is 0.915. The lowest BCUT2D eigenvalue weighted by Gasteiger charge is -2.27. The maximum atomic E-state index is 12.6. The van der Waals surface area contributed by atoms with E-state index in [-0.39, 0.29) is 5.91 Å². The van der Waals surface area contributed by atoms with Gasteiger partial charge in [-0.1, -0.05) is 6.92 Å². The number of aromatic nitrogens is 1. The SMILES string of the molecule is CCCn1cc(N)cc1C(=O)N1CC2CCC1C2. The second-order valence-electron chi connectivity index (χ2n) is 5.64. The van der Waals surface area contributed by atoms with E-state index >= 15 is 0 Å². The molecule has 3 rings (SSSR count). The topological polar surface area (TPSA) is 51.3 Å². The third kappa shape index (κ3) is 1.80. The average molecular weight is 247 g/mol. The van der Waals surface area contributed by atoms with Gasteiger partial charge in [0.25, 0.3) is 5.91 Å². The third-order valence-electron chi connectivity index (χ3n) is 4.27. The quantitative estimate of drug-likeness (QED) is 0.889. The molecule has 2 fully saturated rings. The number of hydrogen-bond acceptors (Lipinski definition) is 2. The summed E-state index contributed by atoms with van der Waals surface area (Å²) in [6.07, 6.45) is 6.58. The second-order valence-corrected chi connectivity index (χ2v) is 5.64. The van der Waals surface area contributed by atoms with Gasteiger partial charge in [0, 0.05) is 25.3 Å². The molecule has 1 saturated heterocycles. The maximum absolute atomic E-state index is 12.6. The normalized spacial score (nSPS) is 25.9. The zero-order valence-electron chi connectivity index (χ0n) is 10.9. The smallest absolute Gasteiger partial charge is 0.270 e. The summed E-state index contributed by atoms with van der Waals surface area (Å²) < 4.78 is 2.00. The van der Waals surface area contributed by atoms with Gasteiger partial charge >= 0.3 is 0 Å². The van der Waals surface area contributed by atoms with E-state index in [4.69, 9.17) is 5.73 Å². The van der Waals surface area contributed by atoms with Crippen LogP contribution in [0.15, 0.2) is 12.3 Å². The highest BCUT2D eigenvalue weighted by molar-refractivity contribution is 5.94. The molecule has 2 bridgehead atoms. The maximum Gasteiger partial charge on any atom is 0.270 e. The molecule has 2 heterocycles. The van der Waals surface area contributed by atoms with Crippen LogP contribution >= 0.6 is 0 Å². The van der Waals surface area contributed by atoms with Gasteiger partial charge in [0.2, 0.25) is 0 Å². The summed E-state index contributed by atoms with van der Waals surface area (Å²) >= 11 is 0. The minimum Gasteiger partial charge on any atom is -0.397 e. The molecule has 2 unspecified atom stereocenters. The molecular formula is C14H21N3O.